The van der Waals surface area contributed by atoms with Crippen LogP contribution in [0.5, 0.6) is 0 Å². The van der Waals surface area contributed by atoms with Crippen molar-refractivity contribution in [2.75, 3.05) is 0 Å². The van der Waals surface area contributed by atoms with Gasteiger partial charge in [-0.25, -0.2) is 0 Å². The van der Waals surface area contributed by atoms with Gasteiger partial charge in [0.05, 0.1) is 17.9 Å². The van der Waals surface area contributed by atoms with Gasteiger partial charge in [0.25, 0.3) is 0 Å². The minimum Gasteiger partial charge on any atom is -0.340 e. The molecule has 0 radical (unpaired) electrons. The predicted molar refractivity (Wildman–Crippen MR) is 62.2 cm³/mol. The minimum atomic E-state index is 0.593. The van der Waals surface area contributed by atoms with E-state index in [-0.39, 0.29) is 0 Å². The topological polar surface area (TPSA) is 68.8 Å². The summed E-state index contributed by atoms with van der Waals surface area (Å²) in [6.45, 7) is 5.23. The number of hydrogen-bond donors (Lipinski definition) is 1. The maximum atomic E-state index is 4.89. The standard InChI is InChI=1S/C11H17N5O/c1-4-9-5-10(16(3)14-9)6-12-7-11-13-8(2)17-15-11/h5,12H,4,6-7H2,1-3H3. The van der Waals surface area contributed by atoms with Crippen molar-refractivity contribution in [1.29, 1.82) is 0 Å². The SMILES string of the molecule is CCc1cc(CNCc2noc(C)n2)n(C)n1. The van der Waals surface area contributed by atoms with E-state index in [9.17, 15) is 0 Å². The average molecular weight is 235 g/mol. The van der Waals surface area contributed by atoms with E-state index in [1.165, 1.54) is 0 Å². The summed E-state index contributed by atoms with van der Waals surface area (Å²) in [4.78, 5) is 4.12. The number of hydrogen-bond acceptors (Lipinski definition) is 5. The lowest BCUT2D eigenvalue weighted by Gasteiger charge is -2.01. The molecule has 0 spiro atoms. The van der Waals surface area contributed by atoms with E-state index in [1.807, 2.05) is 11.7 Å². The van der Waals surface area contributed by atoms with Crippen LogP contribution in [0.2, 0.25) is 0 Å². The van der Waals surface area contributed by atoms with Crippen LogP contribution in [0, 0.1) is 6.92 Å². The van der Waals surface area contributed by atoms with E-state index in [1.54, 1.807) is 6.92 Å². The number of nitrogens with zero attached hydrogens (tertiary/aromatic N) is 4. The van der Waals surface area contributed by atoms with Crippen LogP contribution in [0.4, 0.5) is 0 Å². The fraction of sp³-hybridized carbons (Fsp3) is 0.545. The van der Waals surface area contributed by atoms with Gasteiger partial charge in [-0.05, 0) is 12.5 Å². The number of aryl methyl sites for hydroxylation is 3. The summed E-state index contributed by atoms with van der Waals surface area (Å²) in [7, 11) is 1.95. The lowest BCUT2D eigenvalue weighted by Crippen LogP contribution is -2.16. The normalized spacial score (nSPS) is 11.0. The highest BCUT2D eigenvalue weighted by Gasteiger charge is 2.05. The van der Waals surface area contributed by atoms with Crippen LogP contribution in [0.15, 0.2) is 10.6 Å². The van der Waals surface area contributed by atoms with Crippen LogP contribution in [0.25, 0.3) is 0 Å². The summed E-state index contributed by atoms with van der Waals surface area (Å²) in [6, 6.07) is 2.11. The lowest BCUT2D eigenvalue weighted by atomic mass is 10.3. The van der Waals surface area contributed by atoms with Crippen molar-refractivity contribution in [3.63, 3.8) is 0 Å². The molecule has 0 bridgehead atoms. The molecular formula is C11H17N5O. The third-order valence-electron chi connectivity index (χ3n) is 2.55. The summed E-state index contributed by atoms with van der Waals surface area (Å²) in [6.07, 6.45) is 0.956. The Labute approximate surface area is 100 Å². The van der Waals surface area contributed by atoms with E-state index in [4.69, 9.17) is 4.52 Å². The zero-order valence-electron chi connectivity index (χ0n) is 10.4. The van der Waals surface area contributed by atoms with Crippen molar-refractivity contribution >= 4 is 0 Å². The lowest BCUT2D eigenvalue weighted by molar-refractivity contribution is 0.385. The molecule has 0 aliphatic heterocycles. The summed E-state index contributed by atoms with van der Waals surface area (Å²) in [5.41, 5.74) is 2.27. The molecule has 0 aliphatic carbocycles. The molecule has 0 saturated carbocycles. The molecular weight excluding hydrogens is 218 g/mol. The summed E-state index contributed by atoms with van der Waals surface area (Å²) in [5, 5.41) is 11.5. The zero-order chi connectivity index (χ0) is 12.3. The third kappa shape index (κ3) is 2.91. The molecule has 0 amide bonds. The number of rotatable bonds is 5. The summed E-state index contributed by atoms with van der Waals surface area (Å²) >= 11 is 0. The van der Waals surface area contributed by atoms with Gasteiger partial charge in [-0.3, -0.25) is 4.68 Å². The van der Waals surface area contributed by atoms with E-state index in [2.05, 4.69) is 33.5 Å². The van der Waals surface area contributed by atoms with E-state index < -0.39 is 0 Å². The van der Waals surface area contributed by atoms with Crippen molar-refractivity contribution in [2.24, 2.45) is 7.05 Å². The first-order valence-corrected chi connectivity index (χ1v) is 5.70. The third-order valence-corrected chi connectivity index (χ3v) is 2.55. The molecule has 0 aliphatic rings. The van der Waals surface area contributed by atoms with Crippen LogP contribution in [0.1, 0.15) is 30.0 Å². The van der Waals surface area contributed by atoms with Gasteiger partial charge in [-0.15, -0.1) is 0 Å². The first-order valence-electron chi connectivity index (χ1n) is 5.70. The second-order valence-corrected chi connectivity index (χ2v) is 3.94. The maximum absolute atomic E-state index is 4.89. The molecule has 0 unspecified atom stereocenters. The van der Waals surface area contributed by atoms with E-state index in [0.29, 0.717) is 18.3 Å². The summed E-state index contributed by atoms with van der Waals surface area (Å²) in [5.74, 6) is 1.27. The molecule has 0 saturated heterocycles. The first-order chi connectivity index (χ1) is 8.19. The van der Waals surface area contributed by atoms with Crippen molar-refractivity contribution in [3.05, 3.63) is 29.2 Å². The Hall–Kier alpha value is -1.69. The first kappa shape index (κ1) is 11.8. The van der Waals surface area contributed by atoms with Gasteiger partial charge < -0.3 is 9.84 Å². The van der Waals surface area contributed by atoms with Crippen LogP contribution < -0.4 is 5.32 Å². The Balaban J connectivity index is 1.87. The zero-order valence-corrected chi connectivity index (χ0v) is 10.4. The molecule has 17 heavy (non-hydrogen) atoms. The molecule has 6 heteroatoms. The Kier molecular flexibility index (Phi) is 3.53. The summed E-state index contributed by atoms with van der Waals surface area (Å²) < 4.78 is 6.79. The smallest absolute Gasteiger partial charge is 0.223 e. The van der Waals surface area contributed by atoms with Crippen molar-refractivity contribution in [3.8, 4) is 0 Å². The van der Waals surface area contributed by atoms with Crippen LogP contribution in [0.3, 0.4) is 0 Å². The molecule has 2 aromatic rings. The molecule has 0 fully saturated rings. The molecule has 0 aromatic carbocycles. The maximum Gasteiger partial charge on any atom is 0.223 e. The number of aromatic nitrogens is 4. The predicted octanol–water partition coefficient (Wildman–Crippen LogP) is 0.964. The van der Waals surface area contributed by atoms with Crippen LogP contribution in [-0.4, -0.2) is 19.9 Å². The quantitative estimate of drug-likeness (QED) is 0.836. The highest BCUT2D eigenvalue weighted by atomic mass is 16.5. The Bertz CT molecular complexity index is 488. The molecule has 2 aromatic heterocycles. The highest BCUT2D eigenvalue weighted by molar-refractivity contribution is 5.09. The molecule has 6 nitrogen and oxygen atoms in total. The van der Waals surface area contributed by atoms with Gasteiger partial charge in [-0.2, -0.15) is 10.1 Å². The van der Waals surface area contributed by atoms with Crippen LogP contribution >= 0.6 is 0 Å². The molecule has 1 N–H and O–H groups in total. The molecule has 92 valence electrons. The Morgan fingerprint density at radius 2 is 2.24 bits per heavy atom. The monoisotopic (exact) mass is 235 g/mol. The fourth-order valence-electron chi connectivity index (χ4n) is 1.63. The van der Waals surface area contributed by atoms with Crippen molar-refractivity contribution < 1.29 is 4.52 Å². The molecule has 0 atom stereocenters. The largest absolute Gasteiger partial charge is 0.340 e. The van der Waals surface area contributed by atoms with Crippen molar-refractivity contribution in [1.82, 2.24) is 25.2 Å². The second-order valence-electron chi connectivity index (χ2n) is 3.94. The Morgan fingerprint density at radius 1 is 1.41 bits per heavy atom. The van der Waals surface area contributed by atoms with Crippen LogP contribution in [-0.2, 0) is 26.6 Å². The minimum absolute atomic E-state index is 0.593. The molecule has 2 rings (SSSR count). The highest BCUT2D eigenvalue weighted by Crippen LogP contribution is 2.03. The van der Waals surface area contributed by atoms with Gasteiger partial charge in [0.2, 0.25) is 5.89 Å². The van der Waals surface area contributed by atoms with Gasteiger partial charge in [0.15, 0.2) is 5.82 Å². The van der Waals surface area contributed by atoms with Gasteiger partial charge >= 0.3 is 0 Å². The van der Waals surface area contributed by atoms with Crippen molar-refractivity contribution in [2.45, 2.75) is 33.4 Å². The second kappa shape index (κ2) is 5.09. The Morgan fingerprint density at radius 3 is 2.82 bits per heavy atom. The average Bonchev–Trinajstić information content (AvgIpc) is 2.86. The van der Waals surface area contributed by atoms with E-state index >= 15 is 0 Å². The van der Waals surface area contributed by atoms with Gasteiger partial charge in [0.1, 0.15) is 0 Å². The fourth-order valence-corrected chi connectivity index (χ4v) is 1.63. The molecule has 2 heterocycles. The van der Waals surface area contributed by atoms with Gasteiger partial charge in [-0.1, -0.05) is 12.1 Å². The van der Waals surface area contributed by atoms with E-state index in [0.717, 1.165) is 24.4 Å². The number of nitrogens with one attached hydrogen (secondary N) is 1. The van der Waals surface area contributed by atoms with Gasteiger partial charge in [0, 0.05) is 20.5 Å².